The van der Waals surface area contributed by atoms with E-state index < -0.39 is 0 Å². The van der Waals surface area contributed by atoms with Crippen molar-refractivity contribution in [3.05, 3.63) is 71.4 Å². The van der Waals surface area contributed by atoms with Crippen molar-refractivity contribution in [2.75, 3.05) is 10.6 Å². The number of rotatable bonds is 6. The van der Waals surface area contributed by atoms with E-state index in [0.29, 0.717) is 24.2 Å². The Morgan fingerprint density at radius 1 is 1.00 bits per heavy atom. The van der Waals surface area contributed by atoms with Gasteiger partial charge in [0.25, 0.3) is 0 Å². The second-order valence-electron chi connectivity index (χ2n) is 6.32. The number of nitrogens with one attached hydrogen (secondary N) is 2. The first kappa shape index (κ1) is 16.9. The number of aryl methyl sites for hydroxylation is 1. The molecule has 1 aromatic heterocycles. The van der Waals surface area contributed by atoms with Gasteiger partial charge in [-0.15, -0.1) is 5.10 Å². The van der Waals surface area contributed by atoms with Crippen molar-refractivity contribution in [2.45, 2.75) is 33.2 Å². The summed E-state index contributed by atoms with van der Waals surface area (Å²) in [5, 5.41) is 14.8. The van der Waals surface area contributed by atoms with Gasteiger partial charge in [0.1, 0.15) is 0 Å². The molecule has 0 unspecified atom stereocenters. The predicted octanol–water partition coefficient (Wildman–Crippen LogP) is 4.66. The van der Waals surface area contributed by atoms with E-state index in [0.717, 1.165) is 11.3 Å². The molecule has 0 amide bonds. The zero-order chi connectivity index (χ0) is 17.6. The number of para-hydroxylation sites is 1. The Morgan fingerprint density at radius 2 is 1.80 bits per heavy atom. The second kappa shape index (κ2) is 7.75. The molecule has 0 atom stereocenters. The minimum atomic E-state index is 0.412. The van der Waals surface area contributed by atoms with E-state index >= 15 is 0 Å². The monoisotopic (exact) mass is 333 g/mol. The van der Waals surface area contributed by atoms with Gasteiger partial charge in [-0.05, 0) is 29.5 Å². The molecule has 0 aliphatic carbocycles. The van der Waals surface area contributed by atoms with Crippen molar-refractivity contribution >= 4 is 17.5 Å². The van der Waals surface area contributed by atoms with E-state index in [9.17, 15) is 0 Å². The molecule has 0 bridgehead atoms. The van der Waals surface area contributed by atoms with Crippen LogP contribution in [0.5, 0.6) is 0 Å². The highest BCUT2D eigenvalue weighted by molar-refractivity contribution is 5.64. The molecule has 3 aromatic rings. The smallest absolute Gasteiger partial charge is 0.249 e. The summed E-state index contributed by atoms with van der Waals surface area (Å²) in [6.07, 6.45) is 1.63. The summed E-state index contributed by atoms with van der Waals surface area (Å²) in [4.78, 5) is 4.53. The van der Waals surface area contributed by atoms with Crippen LogP contribution in [-0.4, -0.2) is 15.2 Å². The fraction of sp³-hybridized carbons (Fsp3) is 0.250. The van der Waals surface area contributed by atoms with Gasteiger partial charge in [-0.2, -0.15) is 10.1 Å². The number of nitrogens with zero attached hydrogens (tertiary/aromatic N) is 3. The predicted molar refractivity (Wildman–Crippen MR) is 102 cm³/mol. The fourth-order valence-electron chi connectivity index (χ4n) is 2.68. The average molecular weight is 333 g/mol. The average Bonchev–Trinajstić information content (AvgIpc) is 2.63. The number of hydrogen-bond donors (Lipinski definition) is 2. The molecule has 0 aliphatic rings. The summed E-state index contributed by atoms with van der Waals surface area (Å²) in [6, 6.07) is 16.5. The zero-order valence-corrected chi connectivity index (χ0v) is 14.8. The number of benzene rings is 2. The van der Waals surface area contributed by atoms with Crippen molar-refractivity contribution in [1.82, 2.24) is 15.2 Å². The van der Waals surface area contributed by atoms with Crippen LogP contribution in [0.2, 0.25) is 0 Å². The van der Waals surface area contributed by atoms with E-state index in [2.05, 4.69) is 76.9 Å². The Labute approximate surface area is 148 Å². The Kier molecular flexibility index (Phi) is 5.23. The Morgan fingerprint density at radius 3 is 2.56 bits per heavy atom. The van der Waals surface area contributed by atoms with Crippen molar-refractivity contribution in [3.63, 3.8) is 0 Å². The highest BCUT2D eigenvalue weighted by atomic mass is 15.3. The van der Waals surface area contributed by atoms with E-state index in [1.54, 1.807) is 6.20 Å². The summed E-state index contributed by atoms with van der Waals surface area (Å²) in [6.45, 7) is 7.13. The normalized spacial score (nSPS) is 10.7. The molecule has 0 spiro atoms. The third-order valence-corrected chi connectivity index (χ3v) is 4.04. The highest BCUT2D eigenvalue weighted by Crippen LogP contribution is 2.29. The van der Waals surface area contributed by atoms with E-state index in [1.807, 2.05) is 18.2 Å². The lowest BCUT2D eigenvalue weighted by atomic mass is 9.98. The highest BCUT2D eigenvalue weighted by Gasteiger charge is 2.11. The van der Waals surface area contributed by atoms with E-state index in [4.69, 9.17) is 0 Å². The van der Waals surface area contributed by atoms with Crippen LogP contribution in [0.4, 0.5) is 17.5 Å². The maximum absolute atomic E-state index is 4.53. The van der Waals surface area contributed by atoms with Gasteiger partial charge in [-0.1, -0.05) is 62.4 Å². The van der Waals surface area contributed by atoms with Gasteiger partial charge in [0, 0.05) is 12.2 Å². The van der Waals surface area contributed by atoms with Crippen molar-refractivity contribution in [3.8, 4) is 0 Å². The van der Waals surface area contributed by atoms with Gasteiger partial charge in [-0.25, -0.2) is 0 Å². The zero-order valence-electron chi connectivity index (χ0n) is 14.8. The third kappa shape index (κ3) is 4.32. The number of hydrogen-bond acceptors (Lipinski definition) is 5. The number of anilines is 3. The van der Waals surface area contributed by atoms with Crippen LogP contribution in [-0.2, 0) is 6.54 Å². The molecule has 0 radical (unpaired) electrons. The molecule has 1 heterocycles. The molecule has 3 rings (SSSR count). The summed E-state index contributed by atoms with van der Waals surface area (Å²) < 4.78 is 0. The van der Waals surface area contributed by atoms with Crippen LogP contribution < -0.4 is 10.6 Å². The minimum Gasteiger partial charge on any atom is -0.365 e. The Hall–Kier alpha value is -2.95. The molecular weight excluding hydrogens is 310 g/mol. The molecule has 2 N–H and O–H groups in total. The summed E-state index contributed by atoms with van der Waals surface area (Å²) in [7, 11) is 0. The fourth-order valence-corrected chi connectivity index (χ4v) is 2.68. The SMILES string of the molecule is Cc1cccc(C(C)C)c1Nc1nncc(NCc2ccccc2)n1. The van der Waals surface area contributed by atoms with Gasteiger partial charge in [0.15, 0.2) is 5.82 Å². The topological polar surface area (TPSA) is 62.7 Å². The van der Waals surface area contributed by atoms with Gasteiger partial charge in [0.2, 0.25) is 5.95 Å². The second-order valence-corrected chi connectivity index (χ2v) is 6.32. The minimum absolute atomic E-state index is 0.412. The largest absolute Gasteiger partial charge is 0.365 e. The van der Waals surface area contributed by atoms with Crippen LogP contribution in [0.3, 0.4) is 0 Å². The Balaban J connectivity index is 1.76. The summed E-state index contributed by atoms with van der Waals surface area (Å²) >= 11 is 0. The first-order valence-electron chi connectivity index (χ1n) is 8.47. The van der Waals surface area contributed by atoms with Crippen molar-refractivity contribution in [2.24, 2.45) is 0 Å². The molecule has 0 fully saturated rings. The molecule has 0 aliphatic heterocycles. The Bertz CT molecular complexity index is 830. The lowest BCUT2D eigenvalue weighted by molar-refractivity contribution is 0.865. The van der Waals surface area contributed by atoms with Gasteiger partial charge in [-0.3, -0.25) is 0 Å². The summed E-state index contributed by atoms with van der Waals surface area (Å²) in [5.74, 6) is 1.60. The maximum atomic E-state index is 4.53. The lowest BCUT2D eigenvalue weighted by Gasteiger charge is -2.16. The van der Waals surface area contributed by atoms with Gasteiger partial charge < -0.3 is 10.6 Å². The summed E-state index contributed by atoms with van der Waals surface area (Å²) in [5.41, 5.74) is 4.65. The molecule has 5 heteroatoms. The van der Waals surface area contributed by atoms with E-state index in [1.165, 1.54) is 11.1 Å². The van der Waals surface area contributed by atoms with Gasteiger partial charge in [0.05, 0.1) is 6.20 Å². The van der Waals surface area contributed by atoms with E-state index in [-0.39, 0.29) is 0 Å². The molecular formula is C20H23N5. The molecule has 0 saturated heterocycles. The molecule has 5 nitrogen and oxygen atoms in total. The molecule has 25 heavy (non-hydrogen) atoms. The van der Waals surface area contributed by atoms with Crippen LogP contribution in [0, 0.1) is 6.92 Å². The van der Waals surface area contributed by atoms with Crippen LogP contribution >= 0.6 is 0 Å². The quantitative estimate of drug-likeness (QED) is 0.687. The third-order valence-electron chi connectivity index (χ3n) is 4.04. The van der Waals surface area contributed by atoms with Crippen molar-refractivity contribution < 1.29 is 0 Å². The maximum Gasteiger partial charge on any atom is 0.249 e. The molecule has 128 valence electrons. The first-order valence-corrected chi connectivity index (χ1v) is 8.47. The van der Waals surface area contributed by atoms with Crippen LogP contribution in [0.15, 0.2) is 54.7 Å². The van der Waals surface area contributed by atoms with Crippen LogP contribution in [0.25, 0.3) is 0 Å². The van der Waals surface area contributed by atoms with Crippen LogP contribution in [0.1, 0.15) is 36.5 Å². The first-order chi connectivity index (χ1) is 12.1. The molecule has 0 saturated carbocycles. The lowest BCUT2D eigenvalue weighted by Crippen LogP contribution is -2.07. The molecule has 2 aromatic carbocycles. The standard InChI is InChI=1S/C20H23N5/c1-14(2)17-11-7-8-15(3)19(17)24-20-23-18(13-22-25-20)21-12-16-9-5-4-6-10-16/h4-11,13-14H,12H2,1-3H3,(H2,21,23,24,25). The van der Waals surface area contributed by atoms with Crippen molar-refractivity contribution in [1.29, 1.82) is 0 Å². The van der Waals surface area contributed by atoms with Gasteiger partial charge >= 0.3 is 0 Å². The number of aromatic nitrogens is 3.